The molecule has 4 nitrogen and oxygen atoms in total. The van der Waals surface area contributed by atoms with Crippen LogP contribution in [0.5, 0.6) is 0 Å². The molecule has 1 aliphatic rings. The van der Waals surface area contributed by atoms with E-state index in [0.717, 1.165) is 28.7 Å². The Morgan fingerprint density at radius 1 is 1.09 bits per heavy atom. The molecule has 0 saturated heterocycles. The van der Waals surface area contributed by atoms with E-state index in [2.05, 4.69) is 34.1 Å². The summed E-state index contributed by atoms with van der Waals surface area (Å²) in [6.07, 6.45) is 4.61. The molecule has 4 aromatic rings. The van der Waals surface area contributed by atoms with E-state index in [0.29, 0.717) is 28.4 Å². The first-order chi connectivity index (χ1) is 16.1. The molecule has 1 amide bonds. The van der Waals surface area contributed by atoms with Gasteiger partial charge in [0.1, 0.15) is 17.2 Å². The molecule has 0 atom stereocenters. The molecule has 1 aliphatic carbocycles. The highest BCUT2D eigenvalue weighted by molar-refractivity contribution is 8.00. The summed E-state index contributed by atoms with van der Waals surface area (Å²) < 4.78 is 22.1. The summed E-state index contributed by atoms with van der Waals surface area (Å²) in [5.41, 5.74) is 4.95. The topological polar surface area (TPSA) is 45.5 Å². The molecular formula is C27H25FN2O2S. The third-order valence-corrected chi connectivity index (χ3v) is 6.85. The molecule has 0 aliphatic heterocycles. The number of rotatable bonds is 7. The predicted octanol–water partition coefficient (Wildman–Crippen LogP) is 6.76. The number of carbonyl (C=O) groups is 1. The maximum atomic E-state index is 13.5. The average molecular weight is 461 g/mol. The molecule has 3 aromatic carbocycles. The number of benzene rings is 3. The maximum Gasteiger partial charge on any atom is 0.255 e. The third-order valence-electron chi connectivity index (χ3n) is 6.06. The van der Waals surface area contributed by atoms with Crippen LogP contribution in [0.15, 0.2) is 71.1 Å². The molecule has 1 heterocycles. The van der Waals surface area contributed by atoms with Gasteiger partial charge in [-0.05, 0) is 54.7 Å². The van der Waals surface area contributed by atoms with Crippen molar-refractivity contribution < 1.29 is 13.6 Å². The van der Waals surface area contributed by atoms with Crippen LogP contribution < -0.4 is 9.62 Å². The fourth-order valence-electron chi connectivity index (χ4n) is 4.15. The van der Waals surface area contributed by atoms with E-state index in [1.807, 2.05) is 24.3 Å². The molecule has 6 heteroatoms. The molecule has 1 N–H and O–H groups in total. The lowest BCUT2D eigenvalue weighted by Crippen LogP contribution is -2.19. The molecule has 33 heavy (non-hydrogen) atoms. The Morgan fingerprint density at radius 3 is 2.45 bits per heavy atom. The normalized spacial score (nSPS) is 13.3. The Bertz CT molecular complexity index is 1300. The van der Waals surface area contributed by atoms with Crippen molar-refractivity contribution in [2.45, 2.75) is 12.8 Å². The summed E-state index contributed by atoms with van der Waals surface area (Å²) >= 11 is 1.70. The number of nitrogens with one attached hydrogen (secondary N) is 1. The van der Waals surface area contributed by atoms with E-state index in [1.54, 1.807) is 31.1 Å². The molecular weight excluding hydrogens is 435 g/mol. The van der Waals surface area contributed by atoms with E-state index < -0.39 is 0 Å². The Balaban J connectivity index is 1.76. The summed E-state index contributed by atoms with van der Waals surface area (Å²) in [6.45, 7) is 0.973. The monoisotopic (exact) mass is 460 g/mol. The van der Waals surface area contributed by atoms with E-state index in [1.165, 1.54) is 25.0 Å². The zero-order valence-electron chi connectivity index (χ0n) is 18.6. The summed E-state index contributed by atoms with van der Waals surface area (Å²) in [5.74, 6) is 0.586. The van der Waals surface area contributed by atoms with Gasteiger partial charge in [0.15, 0.2) is 0 Å². The lowest BCUT2D eigenvalue weighted by Gasteiger charge is -2.24. The number of hydrogen-bond acceptors (Lipinski definition) is 4. The van der Waals surface area contributed by atoms with Crippen molar-refractivity contribution in [2.24, 2.45) is 5.92 Å². The van der Waals surface area contributed by atoms with Crippen LogP contribution in [0.4, 0.5) is 10.1 Å². The Hall–Kier alpha value is -3.25. The molecule has 168 valence electrons. The van der Waals surface area contributed by atoms with Crippen LogP contribution in [0.2, 0.25) is 0 Å². The van der Waals surface area contributed by atoms with Gasteiger partial charge in [0, 0.05) is 42.4 Å². The van der Waals surface area contributed by atoms with Crippen LogP contribution in [-0.2, 0) is 0 Å². The van der Waals surface area contributed by atoms with Crippen LogP contribution >= 0.6 is 11.9 Å². The number of amides is 1. The van der Waals surface area contributed by atoms with E-state index >= 15 is 0 Å². The van der Waals surface area contributed by atoms with Gasteiger partial charge in [0.25, 0.3) is 5.91 Å². The van der Waals surface area contributed by atoms with Crippen molar-refractivity contribution >= 4 is 34.5 Å². The SMILES string of the molecule is CNC(=O)c1c(-c2ccc(F)cc2)oc2cc(N(CC3CC3)SC)c(-c3ccccc3)cc12. The lowest BCUT2D eigenvalue weighted by atomic mass is 9.98. The van der Waals surface area contributed by atoms with Crippen LogP contribution in [0.25, 0.3) is 33.4 Å². The van der Waals surface area contributed by atoms with Crippen LogP contribution in [0, 0.1) is 11.7 Å². The summed E-state index contributed by atoms with van der Waals surface area (Å²) in [4.78, 5) is 13.0. The molecule has 0 spiro atoms. The summed E-state index contributed by atoms with van der Waals surface area (Å²) in [5, 5.41) is 3.48. The first kappa shape index (κ1) is 21.6. The fourth-order valence-corrected chi connectivity index (χ4v) is 4.86. The average Bonchev–Trinajstić information content (AvgIpc) is 3.60. The van der Waals surface area contributed by atoms with Gasteiger partial charge < -0.3 is 14.0 Å². The smallest absolute Gasteiger partial charge is 0.255 e. The van der Waals surface area contributed by atoms with Gasteiger partial charge in [0.2, 0.25) is 0 Å². The summed E-state index contributed by atoms with van der Waals surface area (Å²) in [6, 6.07) is 20.3. The quantitative estimate of drug-likeness (QED) is 0.310. The molecule has 5 rings (SSSR count). The minimum atomic E-state index is -0.333. The molecule has 1 aromatic heterocycles. The zero-order valence-corrected chi connectivity index (χ0v) is 19.4. The predicted molar refractivity (Wildman–Crippen MR) is 134 cm³/mol. The molecule has 0 radical (unpaired) electrons. The number of halogens is 1. The van der Waals surface area contributed by atoms with E-state index in [-0.39, 0.29) is 11.7 Å². The first-order valence-electron chi connectivity index (χ1n) is 11.0. The highest BCUT2D eigenvalue weighted by Gasteiger charge is 2.28. The van der Waals surface area contributed by atoms with E-state index in [9.17, 15) is 9.18 Å². The number of furan rings is 1. The second-order valence-electron chi connectivity index (χ2n) is 8.31. The van der Waals surface area contributed by atoms with Gasteiger partial charge >= 0.3 is 0 Å². The van der Waals surface area contributed by atoms with Crippen LogP contribution in [0.3, 0.4) is 0 Å². The number of nitrogens with zero attached hydrogens (tertiary/aromatic N) is 1. The number of anilines is 1. The zero-order chi connectivity index (χ0) is 22.9. The standard InChI is InChI=1S/C27H25FN2O2S/c1-29-27(31)25-22-14-21(18-6-4-3-5-7-18)23(30(33-2)16-17-8-9-17)15-24(22)32-26(25)19-10-12-20(28)13-11-19/h3-7,10-15,17H,8-9,16H2,1-2H3,(H,29,31). The van der Waals surface area contributed by atoms with Crippen molar-refractivity contribution in [3.05, 3.63) is 78.1 Å². The van der Waals surface area contributed by atoms with Crippen LogP contribution in [-0.4, -0.2) is 25.8 Å². The third kappa shape index (κ3) is 4.23. The van der Waals surface area contributed by atoms with Gasteiger partial charge in [-0.1, -0.05) is 42.3 Å². The molecule has 0 bridgehead atoms. The number of carbonyl (C=O) groups excluding carboxylic acids is 1. The van der Waals surface area contributed by atoms with Gasteiger partial charge in [0.05, 0.1) is 11.3 Å². The number of hydrogen-bond donors (Lipinski definition) is 1. The van der Waals surface area contributed by atoms with Crippen molar-refractivity contribution in [2.75, 3.05) is 24.2 Å². The largest absolute Gasteiger partial charge is 0.455 e. The molecule has 0 unspecified atom stereocenters. The van der Waals surface area contributed by atoms with Crippen molar-refractivity contribution in [3.63, 3.8) is 0 Å². The first-order valence-corrected chi connectivity index (χ1v) is 12.2. The van der Waals surface area contributed by atoms with Gasteiger partial charge in [-0.15, -0.1) is 0 Å². The molecule has 1 saturated carbocycles. The Morgan fingerprint density at radius 2 is 1.82 bits per heavy atom. The molecule has 1 fully saturated rings. The van der Waals surface area contributed by atoms with Gasteiger partial charge in [-0.2, -0.15) is 0 Å². The second kappa shape index (κ2) is 8.94. The minimum absolute atomic E-state index is 0.237. The minimum Gasteiger partial charge on any atom is -0.455 e. The van der Waals surface area contributed by atoms with Crippen molar-refractivity contribution in [1.82, 2.24) is 5.32 Å². The number of fused-ring (bicyclic) bond motifs is 1. The Kier molecular flexibility index (Phi) is 5.85. The van der Waals surface area contributed by atoms with Crippen molar-refractivity contribution in [1.29, 1.82) is 0 Å². The fraction of sp³-hybridized carbons (Fsp3) is 0.222. The second-order valence-corrected chi connectivity index (χ2v) is 9.12. The summed E-state index contributed by atoms with van der Waals surface area (Å²) in [7, 11) is 1.60. The maximum absolute atomic E-state index is 13.5. The highest BCUT2D eigenvalue weighted by atomic mass is 32.2. The highest BCUT2D eigenvalue weighted by Crippen LogP contribution is 2.43. The van der Waals surface area contributed by atoms with Gasteiger partial charge in [-0.3, -0.25) is 4.79 Å². The van der Waals surface area contributed by atoms with Crippen molar-refractivity contribution in [3.8, 4) is 22.5 Å². The Labute approximate surface area is 196 Å². The lowest BCUT2D eigenvalue weighted by molar-refractivity contribution is 0.0964. The van der Waals surface area contributed by atoms with Gasteiger partial charge in [-0.25, -0.2) is 4.39 Å². The van der Waals surface area contributed by atoms with E-state index in [4.69, 9.17) is 4.42 Å². The van der Waals surface area contributed by atoms with Crippen LogP contribution in [0.1, 0.15) is 23.2 Å².